The second-order valence-electron chi connectivity index (χ2n) is 4.74. The van der Waals surface area contributed by atoms with E-state index in [1.54, 1.807) is 43.5 Å². The van der Waals surface area contributed by atoms with Crippen LogP contribution < -0.4 is 16.4 Å². The van der Waals surface area contributed by atoms with Gasteiger partial charge in [0, 0.05) is 20.2 Å². The molecule has 0 bridgehead atoms. The van der Waals surface area contributed by atoms with E-state index >= 15 is 0 Å². The van der Waals surface area contributed by atoms with Gasteiger partial charge >= 0.3 is 0 Å². The summed E-state index contributed by atoms with van der Waals surface area (Å²) in [6.07, 6.45) is 0. The topological polar surface area (TPSA) is 107 Å². The lowest BCUT2D eigenvalue weighted by Crippen LogP contribution is -2.29. The van der Waals surface area contributed by atoms with Crippen molar-refractivity contribution in [2.24, 2.45) is 5.73 Å². The van der Waals surface area contributed by atoms with E-state index in [4.69, 9.17) is 14.9 Å². The minimum Gasteiger partial charge on any atom is -0.453 e. The average Bonchev–Trinajstić information content (AvgIpc) is 3.02. The van der Waals surface area contributed by atoms with Gasteiger partial charge in [0.05, 0.1) is 11.3 Å². The number of para-hydroxylation sites is 1. The standard InChI is InChI=1S/C16H19N3O4/c1-22-10-11-6-7-14(23-11)16(21)19-13-5-3-2-4-12(13)15(20)18-9-8-17/h2-7H,8-10,17H2,1H3,(H,18,20)(H,19,21). The van der Waals surface area contributed by atoms with Crippen molar-refractivity contribution in [3.05, 3.63) is 53.5 Å². The average molecular weight is 317 g/mol. The SMILES string of the molecule is COCc1ccc(C(=O)Nc2ccccc2C(=O)NCCN)o1. The summed E-state index contributed by atoms with van der Waals surface area (Å²) in [5.41, 5.74) is 6.13. The van der Waals surface area contributed by atoms with Gasteiger partial charge in [0.25, 0.3) is 11.8 Å². The third-order valence-electron chi connectivity index (χ3n) is 3.02. The Morgan fingerprint density at radius 1 is 1.17 bits per heavy atom. The summed E-state index contributed by atoms with van der Waals surface area (Å²) in [5, 5.41) is 5.34. The summed E-state index contributed by atoms with van der Waals surface area (Å²) in [7, 11) is 1.54. The number of rotatable bonds is 7. The van der Waals surface area contributed by atoms with Gasteiger partial charge in [-0.1, -0.05) is 12.1 Å². The number of hydrogen-bond donors (Lipinski definition) is 3. The smallest absolute Gasteiger partial charge is 0.291 e. The highest BCUT2D eigenvalue weighted by molar-refractivity contribution is 6.07. The van der Waals surface area contributed by atoms with E-state index in [1.807, 2.05) is 0 Å². The van der Waals surface area contributed by atoms with E-state index in [0.717, 1.165) is 0 Å². The molecule has 0 atom stereocenters. The number of carbonyl (C=O) groups excluding carboxylic acids is 2. The molecule has 4 N–H and O–H groups in total. The number of nitrogens with two attached hydrogens (primary N) is 1. The van der Waals surface area contributed by atoms with E-state index < -0.39 is 5.91 Å². The summed E-state index contributed by atoms with van der Waals surface area (Å²) < 4.78 is 10.3. The van der Waals surface area contributed by atoms with E-state index in [2.05, 4.69) is 10.6 Å². The molecule has 2 rings (SSSR count). The third-order valence-corrected chi connectivity index (χ3v) is 3.02. The molecule has 2 amide bonds. The molecule has 7 nitrogen and oxygen atoms in total. The predicted octanol–water partition coefficient (Wildman–Crippen LogP) is 1.37. The molecular formula is C16H19N3O4. The summed E-state index contributed by atoms with van der Waals surface area (Å²) in [4.78, 5) is 24.3. The first kappa shape index (κ1) is 16.7. The Morgan fingerprint density at radius 2 is 1.96 bits per heavy atom. The zero-order valence-electron chi connectivity index (χ0n) is 12.8. The fourth-order valence-corrected chi connectivity index (χ4v) is 1.97. The lowest BCUT2D eigenvalue weighted by Gasteiger charge is -2.10. The molecule has 23 heavy (non-hydrogen) atoms. The molecule has 0 spiro atoms. The number of carbonyl (C=O) groups is 2. The van der Waals surface area contributed by atoms with Crippen molar-refractivity contribution in [1.29, 1.82) is 0 Å². The van der Waals surface area contributed by atoms with Gasteiger partial charge in [-0.15, -0.1) is 0 Å². The molecular weight excluding hydrogens is 298 g/mol. The van der Waals surface area contributed by atoms with Crippen LogP contribution in [0, 0.1) is 0 Å². The third kappa shape index (κ3) is 4.41. The maximum Gasteiger partial charge on any atom is 0.291 e. The summed E-state index contributed by atoms with van der Waals surface area (Å²) in [6.45, 7) is 0.986. The van der Waals surface area contributed by atoms with Crippen molar-refractivity contribution in [2.45, 2.75) is 6.61 Å². The fraction of sp³-hybridized carbons (Fsp3) is 0.250. The molecule has 0 aliphatic heterocycles. The number of methoxy groups -OCH3 is 1. The minimum absolute atomic E-state index is 0.147. The van der Waals surface area contributed by atoms with Crippen LogP contribution >= 0.6 is 0 Å². The van der Waals surface area contributed by atoms with Crippen LogP contribution in [0.5, 0.6) is 0 Å². The lowest BCUT2D eigenvalue weighted by atomic mass is 10.1. The highest BCUT2D eigenvalue weighted by atomic mass is 16.5. The predicted molar refractivity (Wildman–Crippen MR) is 85.2 cm³/mol. The number of benzene rings is 1. The quantitative estimate of drug-likeness (QED) is 0.715. The molecule has 0 aliphatic carbocycles. The number of anilines is 1. The first-order chi connectivity index (χ1) is 11.2. The lowest BCUT2D eigenvalue weighted by molar-refractivity contribution is 0.0955. The number of ether oxygens (including phenoxy) is 1. The number of amides is 2. The van der Waals surface area contributed by atoms with Gasteiger partial charge in [-0.3, -0.25) is 9.59 Å². The Morgan fingerprint density at radius 3 is 2.70 bits per heavy atom. The molecule has 0 saturated carbocycles. The highest BCUT2D eigenvalue weighted by Crippen LogP contribution is 2.17. The van der Waals surface area contributed by atoms with Crippen molar-refractivity contribution < 1.29 is 18.7 Å². The molecule has 0 unspecified atom stereocenters. The van der Waals surface area contributed by atoms with Crippen molar-refractivity contribution in [2.75, 3.05) is 25.5 Å². The van der Waals surface area contributed by atoms with Crippen LogP contribution in [0.2, 0.25) is 0 Å². The van der Waals surface area contributed by atoms with Gasteiger partial charge in [-0.2, -0.15) is 0 Å². The van der Waals surface area contributed by atoms with Gasteiger partial charge in [0.15, 0.2) is 5.76 Å². The van der Waals surface area contributed by atoms with E-state index in [0.29, 0.717) is 30.1 Å². The van der Waals surface area contributed by atoms with Gasteiger partial charge in [-0.05, 0) is 24.3 Å². The Labute approximate surface area is 133 Å². The summed E-state index contributed by atoms with van der Waals surface area (Å²) in [6, 6.07) is 9.94. The summed E-state index contributed by atoms with van der Waals surface area (Å²) in [5.74, 6) is -0.0434. The van der Waals surface area contributed by atoms with Crippen molar-refractivity contribution >= 4 is 17.5 Å². The molecule has 0 fully saturated rings. The van der Waals surface area contributed by atoms with E-state index in [-0.39, 0.29) is 18.3 Å². The van der Waals surface area contributed by atoms with E-state index in [1.165, 1.54) is 0 Å². The number of hydrogen-bond acceptors (Lipinski definition) is 5. The van der Waals surface area contributed by atoms with Crippen LogP contribution in [0.4, 0.5) is 5.69 Å². The van der Waals surface area contributed by atoms with Crippen LogP contribution in [0.3, 0.4) is 0 Å². The largest absolute Gasteiger partial charge is 0.453 e. The second-order valence-corrected chi connectivity index (χ2v) is 4.74. The molecule has 1 heterocycles. The van der Waals surface area contributed by atoms with Crippen LogP contribution in [0.1, 0.15) is 26.7 Å². The van der Waals surface area contributed by atoms with Crippen molar-refractivity contribution in [3.8, 4) is 0 Å². The Hall–Kier alpha value is -2.64. The second kappa shape index (κ2) is 8.11. The van der Waals surface area contributed by atoms with E-state index in [9.17, 15) is 9.59 Å². The van der Waals surface area contributed by atoms with Crippen LogP contribution in [0.25, 0.3) is 0 Å². The normalized spacial score (nSPS) is 10.3. The molecule has 122 valence electrons. The van der Waals surface area contributed by atoms with Gasteiger partial charge in [0.1, 0.15) is 12.4 Å². The van der Waals surface area contributed by atoms with Crippen LogP contribution in [-0.2, 0) is 11.3 Å². The number of nitrogens with one attached hydrogen (secondary N) is 2. The minimum atomic E-state index is -0.438. The number of furan rings is 1. The maximum absolute atomic E-state index is 12.2. The van der Waals surface area contributed by atoms with Gasteiger partial charge in [0.2, 0.25) is 0 Å². The van der Waals surface area contributed by atoms with Crippen LogP contribution in [-0.4, -0.2) is 32.0 Å². The highest BCUT2D eigenvalue weighted by Gasteiger charge is 2.16. The Bertz CT molecular complexity index is 681. The van der Waals surface area contributed by atoms with Gasteiger partial charge in [-0.25, -0.2) is 0 Å². The Balaban J connectivity index is 2.12. The molecule has 2 aromatic rings. The summed E-state index contributed by atoms with van der Waals surface area (Å²) >= 11 is 0. The molecule has 7 heteroatoms. The zero-order valence-corrected chi connectivity index (χ0v) is 12.8. The zero-order chi connectivity index (χ0) is 16.7. The Kier molecular flexibility index (Phi) is 5.90. The molecule has 0 saturated heterocycles. The molecule has 1 aromatic heterocycles. The molecule has 1 aromatic carbocycles. The maximum atomic E-state index is 12.2. The first-order valence-corrected chi connectivity index (χ1v) is 7.12. The monoisotopic (exact) mass is 317 g/mol. The van der Waals surface area contributed by atoms with Crippen molar-refractivity contribution in [3.63, 3.8) is 0 Å². The first-order valence-electron chi connectivity index (χ1n) is 7.12. The van der Waals surface area contributed by atoms with Crippen molar-refractivity contribution in [1.82, 2.24) is 5.32 Å². The van der Waals surface area contributed by atoms with Crippen LogP contribution in [0.15, 0.2) is 40.8 Å². The fourth-order valence-electron chi connectivity index (χ4n) is 1.97. The molecule has 0 aliphatic rings. The molecule has 0 radical (unpaired) electrons. The van der Waals surface area contributed by atoms with Gasteiger partial charge < -0.3 is 25.5 Å².